The van der Waals surface area contributed by atoms with Gasteiger partial charge in [0.05, 0.1) is 22.0 Å². The molecule has 0 unspecified atom stereocenters. The maximum atomic E-state index is 12.3. The van der Waals surface area contributed by atoms with Crippen LogP contribution in [0.15, 0.2) is 23.1 Å². The number of carbonyl (C=O) groups is 1. The fourth-order valence-electron chi connectivity index (χ4n) is 1.34. The molecule has 20 heavy (non-hydrogen) atoms. The molecule has 0 N–H and O–H groups in total. The fraction of sp³-hybridized carbons (Fsp3) is 0.333. The number of hydrogen-bond donors (Lipinski definition) is 0. The van der Waals surface area contributed by atoms with Crippen LogP contribution < -0.4 is 0 Å². The summed E-state index contributed by atoms with van der Waals surface area (Å²) in [4.78, 5) is 12.8. The Kier molecular flexibility index (Phi) is 5.11. The number of amides is 1. The summed E-state index contributed by atoms with van der Waals surface area (Å²) >= 11 is 5.82. The molecule has 108 valence electrons. The number of sulfonamides is 1. The van der Waals surface area contributed by atoms with Gasteiger partial charge in [-0.2, -0.15) is 9.57 Å². The molecular weight excluding hydrogens is 302 g/mol. The van der Waals surface area contributed by atoms with Gasteiger partial charge in [-0.15, -0.1) is 0 Å². The first-order chi connectivity index (χ1) is 9.20. The van der Waals surface area contributed by atoms with Crippen LogP contribution in [0.25, 0.3) is 0 Å². The summed E-state index contributed by atoms with van der Waals surface area (Å²) in [5, 5.41) is 8.81. The average molecular weight is 316 g/mol. The van der Waals surface area contributed by atoms with E-state index in [1.54, 1.807) is 14.1 Å². The summed E-state index contributed by atoms with van der Waals surface area (Å²) < 4.78 is 25.4. The molecule has 1 amide bonds. The van der Waals surface area contributed by atoms with Crippen molar-refractivity contribution in [2.45, 2.75) is 4.90 Å². The van der Waals surface area contributed by atoms with E-state index in [9.17, 15) is 13.2 Å². The van der Waals surface area contributed by atoms with Crippen molar-refractivity contribution in [1.82, 2.24) is 9.21 Å². The SMILES string of the molecule is CN(C)C(=O)CN(C)S(=O)(=O)c1ccc(C#N)c(Cl)c1. The monoisotopic (exact) mass is 315 g/mol. The molecule has 0 spiro atoms. The molecule has 0 atom stereocenters. The van der Waals surface area contributed by atoms with Crippen molar-refractivity contribution in [3.05, 3.63) is 28.8 Å². The van der Waals surface area contributed by atoms with Crippen molar-refractivity contribution in [3.8, 4) is 6.07 Å². The Hall–Kier alpha value is -1.62. The van der Waals surface area contributed by atoms with Gasteiger partial charge in [0.15, 0.2) is 0 Å². The van der Waals surface area contributed by atoms with Gasteiger partial charge >= 0.3 is 0 Å². The van der Waals surface area contributed by atoms with Crippen LogP contribution in [0.2, 0.25) is 5.02 Å². The van der Waals surface area contributed by atoms with Gasteiger partial charge < -0.3 is 4.90 Å². The average Bonchev–Trinajstić information content (AvgIpc) is 2.38. The van der Waals surface area contributed by atoms with Gasteiger partial charge in [-0.05, 0) is 18.2 Å². The minimum Gasteiger partial charge on any atom is -0.348 e. The van der Waals surface area contributed by atoms with Crippen LogP contribution >= 0.6 is 11.6 Å². The quantitative estimate of drug-likeness (QED) is 0.827. The zero-order valence-electron chi connectivity index (χ0n) is 11.3. The zero-order chi connectivity index (χ0) is 15.5. The van der Waals surface area contributed by atoms with Gasteiger partial charge in [0.1, 0.15) is 6.07 Å². The first kappa shape index (κ1) is 16.4. The van der Waals surface area contributed by atoms with E-state index in [0.29, 0.717) is 0 Å². The topological polar surface area (TPSA) is 81.5 Å². The van der Waals surface area contributed by atoms with Crippen LogP contribution in [0.5, 0.6) is 0 Å². The maximum absolute atomic E-state index is 12.3. The molecule has 0 heterocycles. The number of rotatable bonds is 4. The Bertz CT molecular complexity index is 665. The Morgan fingerprint density at radius 2 is 1.95 bits per heavy atom. The van der Waals surface area contributed by atoms with Crippen molar-refractivity contribution in [1.29, 1.82) is 5.26 Å². The Labute approximate surface area is 123 Å². The van der Waals surface area contributed by atoms with Crippen LogP contribution in [0.4, 0.5) is 0 Å². The minimum atomic E-state index is -3.82. The summed E-state index contributed by atoms with van der Waals surface area (Å²) in [5.41, 5.74) is 0.192. The molecular formula is C12H14ClN3O3S. The van der Waals surface area contributed by atoms with Crippen LogP contribution in [-0.4, -0.2) is 51.2 Å². The predicted octanol–water partition coefficient (Wildman–Crippen LogP) is 0.920. The standard InChI is InChI=1S/C12H14ClN3O3S/c1-15(2)12(17)8-16(3)20(18,19)10-5-4-9(7-14)11(13)6-10/h4-6H,8H2,1-3H3. The molecule has 0 bridgehead atoms. The van der Waals surface area contributed by atoms with E-state index in [0.717, 1.165) is 4.31 Å². The minimum absolute atomic E-state index is 0.0564. The molecule has 0 aliphatic heterocycles. The predicted molar refractivity (Wildman–Crippen MR) is 74.7 cm³/mol. The molecule has 0 saturated heterocycles. The highest BCUT2D eigenvalue weighted by atomic mass is 35.5. The van der Waals surface area contributed by atoms with Gasteiger partial charge in [0.25, 0.3) is 0 Å². The van der Waals surface area contributed by atoms with Crippen molar-refractivity contribution in [3.63, 3.8) is 0 Å². The summed E-state index contributed by atoms with van der Waals surface area (Å²) in [6, 6.07) is 5.67. The highest BCUT2D eigenvalue weighted by Crippen LogP contribution is 2.22. The van der Waals surface area contributed by atoms with E-state index >= 15 is 0 Å². The smallest absolute Gasteiger partial charge is 0.243 e. The molecule has 0 aliphatic carbocycles. The second kappa shape index (κ2) is 6.22. The van der Waals surface area contributed by atoms with E-state index < -0.39 is 10.0 Å². The van der Waals surface area contributed by atoms with Gasteiger partial charge in [0.2, 0.25) is 15.9 Å². The van der Waals surface area contributed by atoms with Crippen LogP contribution in [-0.2, 0) is 14.8 Å². The second-order valence-corrected chi connectivity index (χ2v) is 6.75. The third-order valence-electron chi connectivity index (χ3n) is 2.63. The fourth-order valence-corrected chi connectivity index (χ4v) is 2.78. The molecule has 6 nitrogen and oxygen atoms in total. The zero-order valence-corrected chi connectivity index (χ0v) is 12.9. The summed E-state index contributed by atoms with van der Waals surface area (Å²) in [7, 11) is 0.571. The summed E-state index contributed by atoms with van der Waals surface area (Å²) in [6.07, 6.45) is 0. The van der Waals surface area contributed by atoms with Gasteiger partial charge in [-0.25, -0.2) is 8.42 Å². The van der Waals surface area contributed by atoms with Crippen molar-refractivity contribution < 1.29 is 13.2 Å². The third kappa shape index (κ3) is 3.48. The summed E-state index contributed by atoms with van der Waals surface area (Å²) in [6.45, 7) is -0.271. The van der Waals surface area contributed by atoms with E-state index in [2.05, 4.69) is 0 Å². The lowest BCUT2D eigenvalue weighted by Gasteiger charge is -2.19. The first-order valence-electron chi connectivity index (χ1n) is 5.56. The first-order valence-corrected chi connectivity index (χ1v) is 7.38. The molecule has 1 aromatic carbocycles. The summed E-state index contributed by atoms with van der Waals surface area (Å²) in [5.74, 6) is -0.337. The van der Waals surface area contributed by atoms with Crippen molar-refractivity contribution >= 4 is 27.5 Å². The highest BCUT2D eigenvalue weighted by molar-refractivity contribution is 7.89. The van der Waals surface area contributed by atoms with Crippen molar-refractivity contribution in [2.24, 2.45) is 0 Å². The van der Waals surface area contributed by atoms with Crippen LogP contribution in [0, 0.1) is 11.3 Å². The van der Waals surface area contributed by atoms with Crippen LogP contribution in [0.3, 0.4) is 0 Å². The highest BCUT2D eigenvalue weighted by Gasteiger charge is 2.24. The van der Waals surface area contributed by atoms with E-state index in [4.69, 9.17) is 16.9 Å². The lowest BCUT2D eigenvalue weighted by atomic mass is 10.2. The lowest BCUT2D eigenvalue weighted by molar-refractivity contribution is -0.128. The maximum Gasteiger partial charge on any atom is 0.243 e. The number of hydrogen-bond acceptors (Lipinski definition) is 4. The van der Waals surface area contributed by atoms with Gasteiger partial charge in [0, 0.05) is 21.1 Å². The normalized spacial score (nSPS) is 11.2. The second-order valence-electron chi connectivity index (χ2n) is 4.30. The van der Waals surface area contributed by atoms with Crippen LogP contribution in [0.1, 0.15) is 5.56 Å². The third-order valence-corrected chi connectivity index (χ3v) is 4.74. The lowest BCUT2D eigenvalue weighted by Crippen LogP contribution is -2.37. The Balaban J connectivity index is 3.08. The Morgan fingerprint density at radius 1 is 1.35 bits per heavy atom. The number of likely N-dealkylation sites (N-methyl/N-ethyl adjacent to an activating group) is 2. The largest absolute Gasteiger partial charge is 0.348 e. The van der Waals surface area contributed by atoms with Gasteiger partial charge in [-0.3, -0.25) is 4.79 Å². The Morgan fingerprint density at radius 3 is 2.40 bits per heavy atom. The number of nitrogens with zero attached hydrogens (tertiary/aromatic N) is 3. The number of benzene rings is 1. The number of halogens is 1. The van der Waals surface area contributed by atoms with E-state index in [1.807, 2.05) is 6.07 Å². The molecule has 0 saturated carbocycles. The van der Waals surface area contributed by atoms with E-state index in [-0.39, 0.29) is 27.9 Å². The molecule has 1 rings (SSSR count). The molecule has 0 aliphatic rings. The number of nitriles is 1. The van der Waals surface area contributed by atoms with Crippen molar-refractivity contribution in [2.75, 3.05) is 27.7 Å². The van der Waals surface area contributed by atoms with Gasteiger partial charge in [-0.1, -0.05) is 11.6 Å². The molecule has 8 heteroatoms. The molecule has 1 aromatic rings. The van der Waals surface area contributed by atoms with E-state index in [1.165, 1.54) is 30.1 Å². The number of carbonyl (C=O) groups excluding carboxylic acids is 1. The molecule has 0 fully saturated rings. The molecule has 0 radical (unpaired) electrons. The molecule has 0 aromatic heterocycles.